The Bertz CT molecular complexity index is 1340. The lowest BCUT2D eigenvalue weighted by Gasteiger charge is -2.28. The van der Waals surface area contributed by atoms with E-state index in [2.05, 4.69) is 20.9 Å². The van der Waals surface area contributed by atoms with Crippen LogP contribution in [0, 0.1) is 0 Å². The molecule has 0 aliphatic carbocycles. The van der Waals surface area contributed by atoms with E-state index >= 15 is 0 Å². The molecule has 35 heavy (non-hydrogen) atoms. The smallest absolute Gasteiger partial charge is 0.251 e. The molecule has 10 nitrogen and oxygen atoms in total. The van der Waals surface area contributed by atoms with Crippen LogP contribution in [0.1, 0.15) is 15.2 Å². The van der Waals surface area contributed by atoms with Crippen molar-refractivity contribution in [3.05, 3.63) is 53.2 Å². The number of nitrogens with zero attached hydrogens (tertiary/aromatic N) is 6. The van der Waals surface area contributed by atoms with Gasteiger partial charge in [-0.25, -0.2) is 19.9 Å². The number of ether oxygens (including phenoxy) is 2. The molecule has 2 N–H and O–H groups in total. The third-order valence-electron chi connectivity index (χ3n) is 5.72. The van der Waals surface area contributed by atoms with Gasteiger partial charge in [-0.3, -0.25) is 4.79 Å². The molecule has 0 atom stereocenters. The number of benzene rings is 1. The summed E-state index contributed by atoms with van der Waals surface area (Å²) in [5.41, 5.74) is 7.39. The summed E-state index contributed by atoms with van der Waals surface area (Å²) >= 11 is 1.66. The van der Waals surface area contributed by atoms with Crippen LogP contribution in [-0.4, -0.2) is 66.3 Å². The number of anilines is 2. The predicted molar refractivity (Wildman–Crippen MR) is 135 cm³/mol. The molecule has 1 aliphatic rings. The van der Waals surface area contributed by atoms with Gasteiger partial charge >= 0.3 is 0 Å². The van der Waals surface area contributed by atoms with E-state index in [1.165, 1.54) is 12.4 Å². The first-order valence-electron chi connectivity index (χ1n) is 11.1. The molecule has 1 fully saturated rings. The Morgan fingerprint density at radius 2 is 1.89 bits per heavy atom. The zero-order valence-electron chi connectivity index (χ0n) is 19.5. The monoisotopic (exact) mass is 491 g/mol. The van der Waals surface area contributed by atoms with E-state index < -0.39 is 5.91 Å². The van der Waals surface area contributed by atoms with Crippen LogP contribution in [0.5, 0.6) is 5.75 Å². The van der Waals surface area contributed by atoms with Gasteiger partial charge in [0.1, 0.15) is 5.75 Å². The van der Waals surface area contributed by atoms with Gasteiger partial charge in [0, 0.05) is 43.0 Å². The molecular formula is C24H25N7O3S. The summed E-state index contributed by atoms with van der Waals surface area (Å²) < 4.78 is 11.9. The molecule has 0 radical (unpaired) electrons. The normalized spacial score (nSPS) is 13.7. The zero-order chi connectivity index (χ0) is 24.4. The number of nitrogens with two attached hydrogens (primary N) is 1. The molecule has 4 aromatic rings. The molecule has 4 heterocycles. The van der Waals surface area contributed by atoms with Crippen LogP contribution < -0.4 is 20.3 Å². The fraction of sp³-hybridized carbons (Fsp3) is 0.292. The molecule has 1 saturated heterocycles. The minimum atomic E-state index is -0.550. The predicted octanol–water partition coefficient (Wildman–Crippen LogP) is 2.73. The number of morpholine rings is 1. The van der Waals surface area contributed by atoms with Crippen LogP contribution in [0.2, 0.25) is 0 Å². The number of carbonyl (C=O) groups is 1. The van der Waals surface area contributed by atoms with Crippen molar-refractivity contribution in [1.82, 2.24) is 19.9 Å². The van der Waals surface area contributed by atoms with Gasteiger partial charge in [-0.2, -0.15) is 0 Å². The second-order valence-corrected chi connectivity index (χ2v) is 9.25. The van der Waals surface area contributed by atoms with Crippen molar-refractivity contribution in [2.75, 3.05) is 50.3 Å². The van der Waals surface area contributed by atoms with Crippen LogP contribution in [0.3, 0.4) is 0 Å². The van der Waals surface area contributed by atoms with Crippen molar-refractivity contribution in [1.29, 1.82) is 0 Å². The molecule has 1 aliphatic heterocycles. The van der Waals surface area contributed by atoms with Crippen molar-refractivity contribution < 1.29 is 14.3 Å². The summed E-state index contributed by atoms with van der Waals surface area (Å²) in [6.45, 7) is 3.48. The van der Waals surface area contributed by atoms with Gasteiger partial charge in [0.25, 0.3) is 5.91 Å². The van der Waals surface area contributed by atoms with Gasteiger partial charge in [0.15, 0.2) is 11.6 Å². The topological polar surface area (TPSA) is 120 Å². The number of amides is 1. The molecule has 0 spiro atoms. The summed E-state index contributed by atoms with van der Waals surface area (Å²) in [6, 6.07) is 9.85. The molecule has 0 unspecified atom stereocenters. The summed E-state index contributed by atoms with van der Waals surface area (Å²) in [4.78, 5) is 35.0. The first-order chi connectivity index (χ1) is 17.0. The Morgan fingerprint density at radius 3 is 2.54 bits per heavy atom. The number of carbonyl (C=O) groups excluding carboxylic acids is 1. The van der Waals surface area contributed by atoms with Crippen LogP contribution >= 0.6 is 11.3 Å². The molecule has 180 valence electrons. The van der Waals surface area contributed by atoms with Crippen LogP contribution in [-0.2, 0) is 11.3 Å². The number of rotatable bonds is 7. The maximum Gasteiger partial charge on any atom is 0.251 e. The Kier molecular flexibility index (Phi) is 6.43. The number of methoxy groups -OCH3 is 1. The molecule has 11 heteroatoms. The molecule has 5 rings (SSSR count). The van der Waals surface area contributed by atoms with Crippen LogP contribution in [0.4, 0.5) is 11.8 Å². The highest BCUT2D eigenvalue weighted by molar-refractivity contribution is 7.19. The number of fused-ring (bicyclic) bond motifs is 1. The van der Waals surface area contributed by atoms with E-state index in [0.29, 0.717) is 31.5 Å². The highest BCUT2D eigenvalue weighted by Gasteiger charge is 2.21. The number of hydrogen-bond acceptors (Lipinski definition) is 10. The zero-order valence-corrected chi connectivity index (χ0v) is 20.3. The Labute approximate surface area is 206 Å². The Balaban J connectivity index is 1.49. The summed E-state index contributed by atoms with van der Waals surface area (Å²) in [6.07, 6.45) is 2.88. The van der Waals surface area contributed by atoms with Crippen molar-refractivity contribution in [3.8, 4) is 17.1 Å². The largest absolute Gasteiger partial charge is 0.497 e. The van der Waals surface area contributed by atoms with Crippen molar-refractivity contribution in [2.24, 2.45) is 5.73 Å². The lowest BCUT2D eigenvalue weighted by atomic mass is 10.2. The van der Waals surface area contributed by atoms with Gasteiger partial charge in [-0.15, -0.1) is 11.3 Å². The van der Waals surface area contributed by atoms with Gasteiger partial charge in [-0.1, -0.05) is 0 Å². The fourth-order valence-electron chi connectivity index (χ4n) is 3.85. The third-order valence-corrected chi connectivity index (χ3v) is 6.83. The molecule has 0 saturated carbocycles. The average molecular weight is 492 g/mol. The van der Waals surface area contributed by atoms with E-state index in [1.807, 2.05) is 36.2 Å². The maximum absolute atomic E-state index is 11.3. The second kappa shape index (κ2) is 9.80. The lowest BCUT2D eigenvalue weighted by Crippen LogP contribution is -2.36. The average Bonchev–Trinajstić information content (AvgIpc) is 3.31. The van der Waals surface area contributed by atoms with Crippen LogP contribution in [0.15, 0.2) is 42.7 Å². The Morgan fingerprint density at radius 1 is 1.17 bits per heavy atom. The maximum atomic E-state index is 11.3. The van der Waals surface area contributed by atoms with Gasteiger partial charge in [-0.05, 0) is 30.3 Å². The number of primary amides is 1. The minimum absolute atomic E-state index is 0.278. The molecule has 0 bridgehead atoms. The summed E-state index contributed by atoms with van der Waals surface area (Å²) in [5, 5.41) is 0. The second-order valence-electron chi connectivity index (χ2n) is 8.12. The van der Waals surface area contributed by atoms with Crippen molar-refractivity contribution in [3.63, 3.8) is 0 Å². The first-order valence-corrected chi connectivity index (χ1v) is 11.9. The quantitative estimate of drug-likeness (QED) is 0.416. The summed E-state index contributed by atoms with van der Waals surface area (Å²) in [5.74, 6) is 2.33. The highest BCUT2D eigenvalue weighted by atomic mass is 32.1. The van der Waals surface area contributed by atoms with Crippen molar-refractivity contribution >= 4 is 39.2 Å². The van der Waals surface area contributed by atoms with E-state index in [9.17, 15) is 4.79 Å². The van der Waals surface area contributed by atoms with E-state index in [0.717, 1.165) is 45.3 Å². The number of aromatic nitrogens is 4. The molecule has 3 aromatic heterocycles. The van der Waals surface area contributed by atoms with Crippen molar-refractivity contribution in [2.45, 2.75) is 6.54 Å². The van der Waals surface area contributed by atoms with E-state index in [-0.39, 0.29) is 5.56 Å². The number of thiophene rings is 1. The molecule has 1 aromatic carbocycles. The third kappa shape index (κ3) is 4.86. The molecule has 1 amide bonds. The van der Waals surface area contributed by atoms with Crippen LogP contribution in [0.25, 0.3) is 21.6 Å². The fourth-order valence-corrected chi connectivity index (χ4v) is 5.02. The standard InChI is InChI=1S/C24H25N7O3S/c1-30(24-26-12-16(13-27-24)21(25)32)14-18-11-19-20(35-18)23(31-7-9-34-10-8-31)29-22(28-19)15-3-5-17(33-2)6-4-15/h3-6,11-13H,7-10,14H2,1-2H3,(H2,25,32). The minimum Gasteiger partial charge on any atom is -0.497 e. The first kappa shape index (κ1) is 22.9. The van der Waals surface area contributed by atoms with Gasteiger partial charge in [0.2, 0.25) is 5.95 Å². The van der Waals surface area contributed by atoms with Gasteiger partial charge < -0.3 is 25.0 Å². The molecular weight excluding hydrogens is 466 g/mol. The highest BCUT2D eigenvalue weighted by Crippen LogP contribution is 2.35. The Hall–Kier alpha value is -3.83. The SMILES string of the molecule is COc1ccc(-c2nc(N3CCOCC3)c3sc(CN(C)c4ncc(C(N)=O)cn4)cc3n2)cc1. The lowest BCUT2D eigenvalue weighted by molar-refractivity contribution is 0.0999. The summed E-state index contributed by atoms with van der Waals surface area (Å²) in [7, 11) is 3.55. The van der Waals surface area contributed by atoms with E-state index in [4.69, 9.17) is 25.2 Å². The van der Waals surface area contributed by atoms with Gasteiger partial charge in [0.05, 0.1) is 42.6 Å². The van der Waals surface area contributed by atoms with E-state index in [1.54, 1.807) is 18.4 Å². The number of hydrogen-bond donors (Lipinski definition) is 1.